The Labute approximate surface area is 71.1 Å². The van der Waals surface area contributed by atoms with Gasteiger partial charge in [-0.3, -0.25) is 0 Å². The lowest BCUT2D eigenvalue weighted by molar-refractivity contribution is 0.151. The summed E-state index contributed by atoms with van der Waals surface area (Å²) in [6.45, 7) is 0. The molecule has 0 bridgehead atoms. The predicted molar refractivity (Wildman–Crippen MR) is 44.3 cm³/mol. The molecule has 1 fully saturated rings. The third-order valence-electron chi connectivity index (χ3n) is 2.27. The molecule has 0 heterocycles. The molecule has 2 heteroatoms. The van der Waals surface area contributed by atoms with Crippen LogP contribution >= 0.6 is 0 Å². The first-order valence-corrected chi connectivity index (χ1v) is 3.98. The molecule has 0 aromatic heterocycles. The Morgan fingerprint density at radius 3 is 2.58 bits per heavy atom. The van der Waals surface area contributed by atoms with Gasteiger partial charge in [-0.15, -0.1) is 0 Å². The minimum Gasteiger partial charge on any atom is -0.385 e. The number of rotatable bonds is 1. The lowest BCUT2D eigenvalue weighted by atomic mass is 10.0. The zero-order valence-electron chi connectivity index (χ0n) is 6.62. The lowest BCUT2D eigenvalue weighted by Gasteiger charge is -2.08. The van der Waals surface area contributed by atoms with Crippen LogP contribution in [0.5, 0.6) is 0 Å². The average molecular weight is 159 g/mol. The molecule has 12 heavy (non-hydrogen) atoms. The molecule has 0 aliphatic heterocycles. The third-order valence-corrected chi connectivity index (χ3v) is 2.27. The second-order valence-corrected chi connectivity index (χ2v) is 3.19. The van der Waals surface area contributed by atoms with E-state index in [0.29, 0.717) is 5.56 Å². The van der Waals surface area contributed by atoms with Crippen LogP contribution in [0.3, 0.4) is 0 Å². The maximum atomic E-state index is 9.76. The zero-order chi connectivity index (χ0) is 8.60. The van der Waals surface area contributed by atoms with Crippen molar-refractivity contribution in [3.8, 4) is 6.07 Å². The monoisotopic (exact) mass is 159 g/mol. The molecule has 1 aromatic rings. The van der Waals surface area contributed by atoms with E-state index in [1.807, 2.05) is 18.2 Å². The highest BCUT2D eigenvalue weighted by Gasteiger charge is 2.43. The maximum absolute atomic E-state index is 9.76. The van der Waals surface area contributed by atoms with Crippen molar-refractivity contribution in [2.24, 2.45) is 0 Å². The fourth-order valence-electron chi connectivity index (χ4n) is 1.37. The van der Waals surface area contributed by atoms with Crippen molar-refractivity contribution in [3.05, 3.63) is 35.4 Å². The van der Waals surface area contributed by atoms with Crippen LogP contribution in [0, 0.1) is 11.3 Å². The van der Waals surface area contributed by atoms with E-state index in [1.54, 1.807) is 6.07 Å². The van der Waals surface area contributed by atoms with Gasteiger partial charge < -0.3 is 5.11 Å². The number of benzene rings is 1. The van der Waals surface area contributed by atoms with Gasteiger partial charge in [-0.25, -0.2) is 0 Å². The van der Waals surface area contributed by atoms with Crippen LogP contribution in [0.1, 0.15) is 24.0 Å². The van der Waals surface area contributed by atoms with Crippen molar-refractivity contribution in [2.45, 2.75) is 18.4 Å². The highest BCUT2D eigenvalue weighted by Crippen LogP contribution is 2.46. The Balaban J connectivity index is 2.50. The highest BCUT2D eigenvalue weighted by molar-refractivity contribution is 5.43. The number of hydrogen-bond donors (Lipinski definition) is 1. The summed E-state index contributed by atoms with van der Waals surface area (Å²) in [5, 5.41) is 18.5. The van der Waals surface area contributed by atoms with Gasteiger partial charge in [0.25, 0.3) is 0 Å². The van der Waals surface area contributed by atoms with Crippen LogP contribution < -0.4 is 0 Å². The van der Waals surface area contributed by atoms with Crippen LogP contribution in [0.15, 0.2) is 24.3 Å². The first-order valence-electron chi connectivity index (χ1n) is 3.98. The molecule has 1 saturated carbocycles. The number of nitriles is 1. The molecule has 1 N–H and O–H groups in total. The molecule has 60 valence electrons. The summed E-state index contributed by atoms with van der Waals surface area (Å²) in [6, 6.07) is 9.32. The van der Waals surface area contributed by atoms with Crippen molar-refractivity contribution in [1.82, 2.24) is 0 Å². The smallest absolute Gasteiger partial charge is 0.0995 e. The topological polar surface area (TPSA) is 44.0 Å². The van der Waals surface area contributed by atoms with E-state index in [4.69, 9.17) is 5.26 Å². The van der Waals surface area contributed by atoms with Crippen LogP contribution in [0.2, 0.25) is 0 Å². The van der Waals surface area contributed by atoms with E-state index in [-0.39, 0.29) is 0 Å². The van der Waals surface area contributed by atoms with Gasteiger partial charge in [0.15, 0.2) is 0 Å². The molecule has 0 saturated heterocycles. The second-order valence-electron chi connectivity index (χ2n) is 3.19. The first kappa shape index (κ1) is 7.33. The Kier molecular flexibility index (Phi) is 1.42. The molecular formula is C10H9NO. The summed E-state index contributed by atoms with van der Waals surface area (Å²) >= 11 is 0. The summed E-state index contributed by atoms with van der Waals surface area (Å²) < 4.78 is 0. The molecule has 0 unspecified atom stereocenters. The number of nitrogens with zero attached hydrogens (tertiary/aromatic N) is 1. The summed E-state index contributed by atoms with van der Waals surface area (Å²) in [7, 11) is 0. The van der Waals surface area contributed by atoms with Crippen molar-refractivity contribution in [3.63, 3.8) is 0 Å². The highest BCUT2D eigenvalue weighted by atomic mass is 16.3. The van der Waals surface area contributed by atoms with Crippen molar-refractivity contribution >= 4 is 0 Å². The third kappa shape index (κ3) is 0.992. The van der Waals surface area contributed by atoms with Gasteiger partial charge in [-0.2, -0.15) is 5.26 Å². The summed E-state index contributed by atoms with van der Waals surface area (Å²) in [5.41, 5.74) is 0.691. The Hall–Kier alpha value is -1.33. The number of aliphatic hydroxyl groups is 1. The van der Waals surface area contributed by atoms with Crippen LogP contribution in [-0.4, -0.2) is 5.11 Å². The van der Waals surface area contributed by atoms with Gasteiger partial charge in [0, 0.05) is 5.56 Å². The quantitative estimate of drug-likeness (QED) is 0.675. The Morgan fingerprint density at radius 1 is 1.33 bits per heavy atom. The second kappa shape index (κ2) is 2.33. The van der Waals surface area contributed by atoms with E-state index >= 15 is 0 Å². The minimum atomic E-state index is -0.688. The molecule has 1 aliphatic carbocycles. The van der Waals surface area contributed by atoms with E-state index in [0.717, 1.165) is 18.4 Å². The standard InChI is InChI=1S/C10H9NO/c11-7-8-3-1-2-4-9(8)10(12)5-6-10/h1-4,12H,5-6H2. The minimum absolute atomic E-state index is 0.595. The van der Waals surface area contributed by atoms with Crippen LogP contribution in [0.4, 0.5) is 0 Å². The van der Waals surface area contributed by atoms with E-state index in [1.165, 1.54) is 0 Å². The molecule has 1 aliphatic rings. The molecule has 0 spiro atoms. The molecule has 0 atom stereocenters. The van der Waals surface area contributed by atoms with Crippen LogP contribution in [0.25, 0.3) is 0 Å². The summed E-state index contributed by atoms with van der Waals surface area (Å²) in [4.78, 5) is 0. The molecule has 0 radical (unpaired) electrons. The lowest BCUT2D eigenvalue weighted by Crippen LogP contribution is -2.06. The Morgan fingerprint density at radius 2 is 2.00 bits per heavy atom. The maximum Gasteiger partial charge on any atom is 0.0995 e. The first-order chi connectivity index (χ1) is 5.76. The predicted octanol–water partition coefficient (Wildman–Crippen LogP) is 1.54. The van der Waals surface area contributed by atoms with E-state index in [9.17, 15) is 5.11 Å². The normalized spacial score (nSPS) is 18.3. The van der Waals surface area contributed by atoms with E-state index in [2.05, 4.69) is 6.07 Å². The molecule has 2 rings (SSSR count). The zero-order valence-corrected chi connectivity index (χ0v) is 6.62. The Bertz CT molecular complexity index is 347. The molecular weight excluding hydrogens is 150 g/mol. The van der Waals surface area contributed by atoms with E-state index < -0.39 is 5.60 Å². The fourth-order valence-corrected chi connectivity index (χ4v) is 1.37. The van der Waals surface area contributed by atoms with Crippen molar-refractivity contribution in [1.29, 1.82) is 5.26 Å². The van der Waals surface area contributed by atoms with Gasteiger partial charge in [-0.05, 0) is 18.9 Å². The SMILES string of the molecule is N#Cc1ccccc1C1(O)CC1. The van der Waals surface area contributed by atoms with Gasteiger partial charge in [0.05, 0.1) is 17.2 Å². The molecule has 2 nitrogen and oxygen atoms in total. The molecule has 1 aromatic carbocycles. The average Bonchev–Trinajstić information content (AvgIpc) is 2.85. The van der Waals surface area contributed by atoms with Gasteiger partial charge in [-0.1, -0.05) is 18.2 Å². The van der Waals surface area contributed by atoms with Gasteiger partial charge >= 0.3 is 0 Å². The largest absolute Gasteiger partial charge is 0.385 e. The van der Waals surface area contributed by atoms with Crippen molar-refractivity contribution in [2.75, 3.05) is 0 Å². The summed E-state index contributed by atoms with van der Waals surface area (Å²) in [6.07, 6.45) is 1.57. The van der Waals surface area contributed by atoms with Gasteiger partial charge in [0.1, 0.15) is 0 Å². The van der Waals surface area contributed by atoms with Gasteiger partial charge in [0.2, 0.25) is 0 Å². The number of hydrogen-bond acceptors (Lipinski definition) is 2. The fraction of sp³-hybridized carbons (Fsp3) is 0.300. The van der Waals surface area contributed by atoms with Crippen LogP contribution in [-0.2, 0) is 5.60 Å². The summed E-state index contributed by atoms with van der Waals surface area (Å²) in [5.74, 6) is 0. The molecule has 0 amide bonds. The van der Waals surface area contributed by atoms with Crippen molar-refractivity contribution < 1.29 is 5.11 Å².